The second-order valence-electron chi connectivity index (χ2n) is 6.59. The molecule has 1 heterocycles. The van der Waals surface area contributed by atoms with Gasteiger partial charge >= 0.3 is 0 Å². The number of piperidine rings is 1. The Kier molecular flexibility index (Phi) is 3.70. The van der Waals surface area contributed by atoms with Crippen LogP contribution in [0.2, 0.25) is 0 Å². The first-order valence-electron chi connectivity index (χ1n) is 7.64. The van der Waals surface area contributed by atoms with Crippen LogP contribution in [0.5, 0.6) is 0 Å². The van der Waals surface area contributed by atoms with Crippen molar-refractivity contribution in [3.8, 4) is 0 Å². The van der Waals surface area contributed by atoms with Gasteiger partial charge in [0.15, 0.2) is 0 Å². The maximum Gasteiger partial charge on any atom is 0.243 e. The molecule has 1 aliphatic carbocycles. The number of benzene rings is 1. The molecule has 0 bridgehead atoms. The number of fused-ring (bicyclic) bond motifs is 1. The zero-order chi connectivity index (χ0) is 15.2. The Morgan fingerprint density at radius 1 is 1.19 bits per heavy atom. The molecule has 1 saturated carbocycles. The fraction of sp³-hybridized carbons (Fsp3) is 0.529. The van der Waals surface area contributed by atoms with Crippen molar-refractivity contribution in [3.63, 3.8) is 0 Å². The summed E-state index contributed by atoms with van der Waals surface area (Å²) in [7, 11) is -3.40. The van der Waals surface area contributed by atoms with Gasteiger partial charge in [-0.25, -0.2) is 8.42 Å². The topological polar surface area (TPSA) is 37.4 Å². The third-order valence-electron chi connectivity index (χ3n) is 5.16. The Labute approximate surface area is 127 Å². The van der Waals surface area contributed by atoms with Crippen molar-refractivity contribution in [1.82, 2.24) is 4.31 Å². The van der Waals surface area contributed by atoms with E-state index in [1.54, 1.807) is 16.4 Å². The van der Waals surface area contributed by atoms with E-state index in [1.165, 1.54) is 12.8 Å². The Hall–Kier alpha value is -1.13. The van der Waals surface area contributed by atoms with E-state index in [4.69, 9.17) is 0 Å². The first-order chi connectivity index (χ1) is 9.89. The molecule has 1 aromatic rings. The van der Waals surface area contributed by atoms with Gasteiger partial charge in [0, 0.05) is 13.1 Å². The molecule has 0 spiro atoms. The Morgan fingerprint density at radius 2 is 1.86 bits per heavy atom. The van der Waals surface area contributed by atoms with Crippen molar-refractivity contribution in [1.29, 1.82) is 0 Å². The molecule has 2 aliphatic rings. The highest BCUT2D eigenvalue weighted by Gasteiger charge is 2.42. The van der Waals surface area contributed by atoms with E-state index in [0.29, 0.717) is 35.7 Å². The van der Waals surface area contributed by atoms with Gasteiger partial charge in [-0.2, -0.15) is 4.31 Å². The first kappa shape index (κ1) is 14.8. The monoisotopic (exact) mass is 305 g/mol. The predicted octanol–water partition coefficient (Wildman–Crippen LogP) is 3.22. The summed E-state index contributed by atoms with van der Waals surface area (Å²) in [4.78, 5) is 0.394. The molecule has 4 heteroatoms. The van der Waals surface area contributed by atoms with Crippen LogP contribution in [0, 0.1) is 24.7 Å². The quantitative estimate of drug-likeness (QED) is 0.787. The summed E-state index contributed by atoms with van der Waals surface area (Å²) in [6.07, 6.45) is 2.36. The van der Waals surface area contributed by atoms with Crippen LogP contribution in [0.1, 0.15) is 25.3 Å². The van der Waals surface area contributed by atoms with E-state index in [-0.39, 0.29) is 0 Å². The average Bonchev–Trinajstić information content (AvgIpc) is 2.82. The molecule has 2 fully saturated rings. The summed E-state index contributed by atoms with van der Waals surface area (Å²) in [5, 5.41) is 0. The van der Waals surface area contributed by atoms with Crippen molar-refractivity contribution < 1.29 is 8.42 Å². The third kappa shape index (κ3) is 2.55. The minimum atomic E-state index is -3.40. The van der Waals surface area contributed by atoms with Crippen LogP contribution in [-0.4, -0.2) is 25.8 Å². The van der Waals surface area contributed by atoms with Gasteiger partial charge in [-0.3, -0.25) is 0 Å². The maximum atomic E-state index is 12.8. The minimum absolute atomic E-state index is 0.394. The minimum Gasteiger partial charge on any atom is -0.207 e. The van der Waals surface area contributed by atoms with E-state index < -0.39 is 10.0 Å². The van der Waals surface area contributed by atoms with Crippen LogP contribution >= 0.6 is 0 Å². The molecule has 1 aromatic carbocycles. The average molecular weight is 305 g/mol. The van der Waals surface area contributed by atoms with Crippen LogP contribution in [0.4, 0.5) is 0 Å². The molecule has 114 valence electrons. The Balaban J connectivity index is 1.89. The molecule has 21 heavy (non-hydrogen) atoms. The summed E-state index contributed by atoms with van der Waals surface area (Å²) in [6.45, 7) is 9.47. The molecule has 1 aliphatic heterocycles. The van der Waals surface area contributed by atoms with Crippen LogP contribution in [-0.2, 0) is 10.0 Å². The van der Waals surface area contributed by atoms with Crippen molar-refractivity contribution in [2.24, 2.45) is 17.8 Å². The number of aryl methyl sites for hydroxylation is 1. The summed E-state index contributed by atoms with van der Waals surface area (Å²) >= 11 is 0. The molecular weight excluding hydrogens is 282 g/mol. The van der Waals surface area contributed by atoms with Gasteiger partial charge in [-0.15, -0.1) is 0 Å². The number of rotatable bonds is 2. The van der Waals surface area contributed by atoms with Gasteiger partial charge in [0.2, 0.25) is 10.0 Å². The number of sulfonamides is 1. The van der Waals surface area contributed by atoms with E-state index in [2.05, 4.69) is 13.5 Å². The summed E-state index contributed by atoms with van der Waals surface area (Å²) in [5.41, 5.74) is 2.16. The highest BCUT2D eigenvalue weighted by Crippen LogP contribution is 2.44. The molecule has 3 atom stereocenters. The molecule has 0 unspecified atom stereocenters. The van der Waals surface area contributed by atoms with Gasteiger partial charge in [-0.1, -0.05) is 36.8 Å². The summed E-state index contributed by atoms with van der Waals surface area (Å²) in [6, 6.07) is 7.12. The van der Waals surface area contributed by atoms with Gasteiger partial charge in [0.1, 0.15) is 0 Å². The van der Waals surface area contributed by atoms with Gasteiger partial charge in [-0.05, 0) is 49.7 Å². The number of hydrogen-bond acceptors (Lipinski definition) is 2. The zero-order valence-electron chi connectivity index (χ0n) is 12.7. The molecule has 0 aromatic heterocycles. The molecule has 0 N–H and O–H groups in total. The van der Waals surface area contributed by atoms with E-state index in [1.807, 2.05) is 19.1 Å². The van der Waals surface area contributed by atoms with Crippen LogP contribution in [0.25, 0.3) is 0 Å². The van der Waals surface area contributed by atoms with Gasteiger partial charge in [0.05, 0.1) is 4.90 Å². The lowest BCUT2D eigenvalue weighted by Crippen LogP contribution is -2.44. The molecule has 3 nitrogen and oxygen atoms in total. The number of hydrogen-bond donors (Lipinski definition) is 0. The first-order valence-corrected chi connectivity index (χ1v) is 9.08. The summed E-state index contributed by atoms with van der Waals surface area (Å²) in [5.74, 6) is 1.54. The predicted molar refractivity (Wildman–Crippen MR) is 84.5 cm³/mol. The second kappa shape index (κ2) is 5.25. The highest BCUT2D eigenvalue weighted by molar-refractivity contribution is 7.89. The largest absolute Gasteiger partial charge is 0.243 e. The van der Waals surface area contributed by atoms with Crippen LogP contribution in [0.15, 0.2) is 41.3 Å². The molecule has 1 saturated heterocycles. The van der Waals surface area contributed by atoms with Gasteiger partial charge < -0.3 is 0 Å². The van der Waals surface area contributed by atoms with Crippen molar-refractivity contribution >= 4 is 10.0 Å². The Morgan fingerprint density at radius 3 is 2.52 bits per heavy atom. The van der Waals surface area contributed by atoms with Crippen molar-refractivity contribution in [2.45, 2.75) is 31.6 Å². The molecule has 0 radical (unpaired) electrons. The van der Waals surface area contributed by atoms with E-state index in [9.17, 15) is 8.42 Å². The number of nitrogens with zero attached hydrogens (tertiary/aromatic N) is 1. The van der Waals surface area contributed by atoms with Crippen LogP contribution in [0.3, 0.4) is 0 Å². The third-order valence-corrected chi connectivity index (χ3v) is 6.98. The second-order valence-corrected chi connectivity index (χ2v) is 8.53. The maximum absolute atomic E-state index is 12.8. The van der Waals surface area contributed by atoms with Crippen LogP contribution < -0.4 is 0 Å². The SMILES string of the molecule is C=C1CN(S(=O)(=O)c2ccc(C)cc2)C[C@H]2[C@@H]1CC[C@@H]2C. The zero-order valence-corrected chi connectivity index (χ0v) is 13.6. The van der Waals surface area contributed by atoms with E-state index in [0.717, 1.165) is 11.1 Å². The lowest BCUT2D eigenvalue weighted by atomic mass is 9.83. The lowest BCUT2D eigenvalue weighted by Gasteiger charge is -2.37. The molecule has 3 rings (SSSR count). The highest BCUT2D eigenvalue weighted by atomic mass is 32.2. The Bertz CT molecular complexity index is 648. The van der Waals surface area contributed by atoms with Crippen molar-refractivity contribution in [2.75, 3.05) is 13.1 Å². The van der Waals surface area contributed by atoms with Crippen molar-refractivity contribution in [3.05, 3.63) is 42.0 Å². The summed E-state index contributed by atoms with van der Waals surface area (Å²) < 4.78 is 27.3. The fourth-order valence-electron chi connectivity index (χ4n) is 3.77. The van der Waals surface area contributed by atoms with Gasteiger partial charge in [0.25, 0.3) is 0 Å². The lowest BCUT2D eigenvalue weighted by molar-refractivity contribution is 0.235. The smallest absolute Gasteiger partial charge is 0.207 e. The molecular formula is C17H23NO2S. The standard InChI is InChI=1S/C17H23NO2S/c1-12-4-7-15(8-5-12)21(19,20)18-10-14(3)16-9-6-13(2)17(16)11-18/h4-5,7-8,13,16-17H,3,6,9-11H2,1-2H3/t13-,16+,17+/m0/s1. The fourth-order valence-corrected chi connectivity index (χ4v) is 5.25. The van der Waals surface area contributed by atoms with E-state index >= 15 is 0 Å². The normalized spacial score (nSPS) is 30.4. The molecule has 0 amide bonds.